The molecule has 0 saturated carbocycles. The third-order valence-electron chi connectivity index (χ3n) is 3.68. The zero-order valence-corrected chi connectivity index (χ0v) is 14.8. The quantitative estimate of drug-likeness (QED) is 0.793. The number of aryl methyl sites for hydroxylation is 2. The van der Waals surface area contributed by atoms with E-state index in [-0.39, 0.29) is 12.5 Å². The maximum Gasteiger partial charge on any atom is 0.243 e. The van der Waals surface area contributed by atoms with Crippen LogP contribution in [0, 0.1) is 19.8 Å². The molecule has 4 heteroatoms. The summed E-state index contributed by atoms with van der Waals surface area (Å²) in [6.45, 7) is 9.24. The molecule has 2 rings (SSSR count). The smallest absolute Gasteiger partial charge is 0.243 e. The Morgan fingerprint density at radius 1 is 1.00 bits per heavy atom. The number of benzene rings is 2. The largest absolute Gasteiger partial charge is 0.493 e. The van der Waals surface area contributed by atoms with Crippen molar-refractivity contribution < 1.29 is 9.53 Å². The van der Waals surface area contributed by atoms with Crippen molar-refractivity contribution in [3.05, 3.63) is 53.6 Å². The highest BCUT2D eigenvalue weighted by molar-refractivity contribution is 5.93. The summed E-state index contributed by atoms with van der Waals surface area (Å²) in [5.74, 6) is 1.27. The number of ether oxygens (including phenoxy) is 1. The van der Waals surface area contributed by atoms with Gasteiger partial charge < -0.3 is 15.4 Å². The molecule has 0 heterocycles. The van der Waals surface area contributed by atoms with Crippen LogP contribution in [0.2, 0.25) is 0 Å². The minimum Gasteiger partial charge on any atom is -0.493 e. The lowest BCUT2D eigenvalue weighted by Crippen LogP contribution is -2.21. The molecule has 2 N–H and O–H groups in total. The van der Waals surface area contributed by atoms with Crippen LogP contribution in [0.5, 0.6) is 5.75 Å². The van der Waals surface area contributed by atoms with Crippen LogP contribution in [0.25, 0.3) is 0 Å². The first-order valence-electron chi connectivity index (χ1n) is 8.28. The first-order valence-corrected chi connectivity index (χ1v) is 8.28. The Bertz CT molecular complexity index is 679. The van der Waals surface area contributed by atoms with E-state index >= 15 is 0 Å². The van der Waals surface area contributed by atoms with Gasteiger partial charge in [-0.05, 0) is 67.3 Å². The zero-order valence-electron chi connectivity index (χ0n) is 14.8. The molecule has 2 aromatic carbocycles. The summed E-state index contributed by atoms with van der Waals surface area (Å²) in [5.41, 5.74) is 4.09. The first-order chi connectivity index (χ1) is 11.4. The molecule has 1 amide bonds. The van der Waals surface area contributed by atoms with Crippen molar-refractivity contribution in [2.24, 2.45) is 5.92 Å². The molecule has 0 unspecified atom stereocenters. The second kappa shape index (κ2) is 8.39. The van der Waals surface area contributed by atoms with E-state index in [0.29, 0.717) is 12.5 Å². The van der Waals surface area contributed by atoms with Gasteiger partial charge in [0.05, 0.1) is 13.2 Å². The minimum atomic E-state index is -0.0709. The van der Waals surface area contributed by atoms with Crippen molar-refractivity contribution in [1.29, 1.82) is 0 Å². The molecular weight excluding hydrogens is 300 g/mol. The maximum atomic E-state index is 12.0. The lowest BCUT2D eigenvalue weighted by molar-refractivity contribution is -0.114. The van der Waals surface area contributed by atoms with Crippen molar-refractivity contribution >= 4 is 17.3 Å². The molecule has 0 aliphatic heterocycles. The summed E-state index contributed by atoms with van der Waals surface area (Å²) >= 11 is 0. The molecular formula is C20H26N2O2. The number of hydrogen-bond donors (Lipinski definition) is 2. The third-order valence-corrected chi connectivity index (χ3v) is 3.68. The molecule has 0 bridgehead atoms. The van der Waals surface area contributed by atoms with Crippen molar-refractivity contribution in [1.82, 2.24) is 0 Å². The average molecular weight is 326 g/mol. The number of hydrogen-bond acceptors (Lipinski definition) is 3. The number of carbonyl (C=O) groups is 1. The van der Waals surface area contributed by atoms with Gasteiger partial charge in [0.15, 0.2) is 0 Å². The van der Waals surface area contributed by atoms with E-state index in [1.807, 2.05) is 49.4 Å². The molecule has 0 aromatic heterocycles. The monoisotopic (exact) mass is 326 g/mol. The van der Waals surface area contributed by atoms with Crippen LogP contribution in [-0.4, -0.2) is 19.1 Å². The fourth-order valence-electron chi connectivity index (χ4n) is 2.14. The van der Waals surface area contributed by atoms with Crippen molar-refractivity contribution in [3.8, 4) is 5.75 Å². The van der Waals surface area contributed by atoms with Crippen LogP contribution in [0.4, 0.5) is 11.4 Å². The molecule has 2 aromatic rings. The number of rotatable bonds is 7. The van der Waals surface area contributed by atoms with Crippen LogP contribution in [0.3, 0.4) is 0 Å². The lowest BCUT2D eigenvalue weighted by atomic mass is 10.1. The Morgan fingerprint density at radius 2 is 1.67 bits per heavy atom. The Hall–Kier alpha value is -2.49. The van der Waals surface area contributed by atoms with Gasteiger partial charge in [-0.15, -0.1) is 0 Å². The van der Waals surface area contributed by atoms with Gasteiger partial charge in [-0.2, -0.15) is 0 Å². The molecule has 0 saturated heterocycles. The van der Waals surface area contributed by atoms with Crippen LogP contribution in [0.1, 0.15) is 25.0 Å². The van der Waals surface area contributed by atoms with Crippen LogP contribution >= 0.6 is 0 Å². The summed E-state index contributed by atoms with van der Waals surface area (Å²) in [6, 6.07) is 13.6. The van der Waals surface area contributed by atoms with Gasteiger partial charge >= 0.3 is 0 Å². The summed E-state index contributed by atoms with van der Waals surface area (Å²) in [7, 11) is 0. The topological polar surface area (TPSA) is 50.4 Å². The van der Waals surface area contributed by atoms with E-state index in [2.05, 4.69) is 31.4 Å². The molecule has 0 fully saturated rings. The normalized spacial score (nSPS) is 10.5. The predicted octanol–water partition coefficient (Wildman–Crippen LogP) is 4.39. The van der Waals surface area contributed by atoms with Crippen molar-refractivity contribution in [2.45, 2.75) is 27.7 Å². The fraction of sp³-hybridized carbons (Fsp3) is 0.350. The van der Waals surface area contributed by atoms with E-state index < -0.39 is 0 Å². The third kappa shape index (κ3) is 5.61. The SMILES string of the molecule is Cc1ccc(NC(=O)CNc2ccc(OCC(C)C)cc2)cc1C. The van der Waals surface area contributed by atoms with Crippen molar-refractivity contribution in [3.63, 3.8) is 0 Å². The van der Waals surface area contributed by atoms with Gasteiger partial charge in [0.25, 0.3) is 0 Å². The Kier molecular flexibility index (Phi) is 6.24. The summed E-state index contributed by atoms with van der Waals surface area (Å²) in [4.78, 5) is 12.0. The van der Waals surface area contributed by atoms with Gasteiger partial charge in [0.1, 0.15) is 5.75 Å². The average Bonchev–Trinajstić information content (AvgIpc) is 2.55. The second-order valence-electron chi connectivity index (χ2n) is 6.43. The van der Waals surface area contributed by atoms with Crippen LogP contribution in [0.15, 0.2) is 42.5 Å². The van der Waals surface area contributed by atoms with E-state index in [0.717, 1.165) is 22.7 Å². The van der Waals surface area contributed by atoms with Crippen LogP contribution < -0.4 is 15.4 Å². The Labute approximate surface area is 144 Å². The minimum absolute atomic E-state index is 0.0709. The second-order valence-corrected chi connectivity index (χ2v) is 6.43. The Balaban J connectivity index is 1.81. The van der Waals surface area contributed by atoms with Gasteiger partial charge in [-0.1, -0.05) is 19.9 Å². The van der Waals surface area contributed by atoms with Crippen molar-refractivity contribution in [2.75, 3.05) is 23.8 Å². The predicted molar refractivity (Wildman–Crippen MR) is 99.8 cm³/mol. The maximum absolute atomic E-state index is 12.0. The number of nitrogens with one attached hydrogen (secondary N) is 2. The highest BCUT2D eigenvalue weighted by Gasteiger charge is 2.04. The first kappa shape index (κ1) is 17.9. The molecule has 0 aliphatic rings. The molecule has 0 radical (unpaired) electrons. The lowest BCUT2D eigenvalue weighted by Gasteiger charge is -2.11. The van der Waals surface area contributed by atoms with Crippen LogP contribution in [-0.2, 0) is 4.79 Å². The fourth-order valence-corrected chi connectivity index (χ4v) is 2.14. The van der Waals surface area contributed by atoms with Gasteiger partial charge in [-0.25, -0.2) is 0 Å². The summed E-state index contributed by atoms with van der Waals surface area (Å²) in [6.07, 6.45) is 0. The molecule has 128 valence electrons. The zero-order chi connectivity index (χ0) is 17.5. The number of amides is 1. The molecule has 0 aliphatic carbocycles. The van der Waals surface area contributed by atoms with Gasteiger partial charge in [-0.3, -0.25) is 4.79 Å². The summed E-state index contributed by atoms with van der Waals surface area (Å²) in [5, 5.41) is 6.01. The summed E-state index contributed by atoms with van der Waals surface area (Å²) < 4.78 is 5.64. The molecule has 4 nitrogen and oxygen atoms in total. The molecule has 24 heavy (non-hydrogen) atoms. The highest BCUT2D eigenvalue weighted by Crippen LogP contribution is 2.17. The highest BCUT2D eigenvalue weighted by atomic mass is 16.5. The molecule has 0 atom stereocenters. The van der Waals surface area contributed by atoms with Gasteiger partial charge in [0.2, 0.25) is 5.91 Å². The number of carbonyl (C=O) groups excluding carboxylic acids is 1. The van der Waals surface area contributed by atoms with E-state index in [9.17, 15) is 4.79 Å². The number of anilines is 2. The van der Waals surface area contributed by atoms with E-state index in [1.54, 1.807) is 0 Å². The molecule has 0 spiro atoms. The Morgan fingerprint density at radius 3 is 2.29 bits per heavy atom. The van der Waals surface area contributed by atoms with E-state index in [4.69, 9.17) is 4.74 Å². The van der Waals surface area contributed by atoms with Gasteiger partial charge in [0, 0.05) is 11.4 Å². The standard InChI is InChI=1S/C20H26N2O2/c1-14(2)13-24-19-9-7-17(8-10-19)21-12-20(23)22-18-6-5-15(3)16(4)11-18/h5-11,14,21H,12-13H2,1-4H3,(H,22,23). The van der Waals surface area contributed by atoms with E-state index in [1.165, 1.54) is 5.56 Å².